The van der Waals surface area contributed by atoms with Crippen molar-refractivity contribution in [1.29, 1.82) is 0 Å². The molecule has 0 aliphatic carbocycles. The highest BCUT2D eigenvalue weighted by Crippen LogP contribution is 2.29. The number of amides is 1. The Kier molecular flexibility index (Phi) is 7.35. The summed E-state index contributed by atoms with van der Waals surface area (Å²) in [5.41, 5.74) is 2.66. The molecular formula is C26H28N4O5. The molecule has 0 atom stereocenters. The summed E-state index contributed by atoms with van der Waals surface area (Å²) in [4.78, 5) is 29.1. The summed E-state index contributed by atoms with van der Waals surface area (Å²) < 4.78 is 17.0. The van der Waals surface area contributed by atoms with E-state index in [1.54, 1.807) is 25.0 Å². The molecule has 182 valence electrons. The zero-order chi connectivity index (χ0) is 24.8. The van der Waals surface area contributed by atoms with Crippen LogP contribution in [0.2, 0.25) is 0 Å². The monoisotopic (exact) mass is 476 g/mol. The Morgan fingerprint density at radius 1 is 0.857 bits per heavy atom. The molecule has 0 unspecified atom stereocenters. The summed E-state index contributed by atoms with van der Waals surface area (Å²) in [5, 5.41) is 4.54. The lowest BCUT2D eigenvalue weighted by molar-refractivity contribution is -0.134. The lowest BCUT2D eigenvalue weighted by atomic mass is 10.2. The van der Waals surface area contributed by atoms with Crippen molar-refractivity contribution in [1.82, 2.24) is 14.7 Å². The minimum Gasteiger partial charge on any atom is -0.497 e. The van der Waals surface area contributed by atoms with Crippen LogP contribution >= 0.6 is 0 Å². The number of hydrogen-bond donors (Lipinski definition) is 0. The molecule has 3 aromatic rings. The summed E-state index contributed by atoms with van der Waals surface area (Å²) >= 11 is 0. The lowest BCUT2D eigenvalue weighted by Crippen LogP contribution is -2.49. The van der Waals surface area contributed by atoms with E-state index in [4.69, 9.17) is 9.47 Å². The number of ether oxygens (including phenoxy) is 3. The van der Waals surface area contributed by atoms with Crippen molar-refractivity contribution in [2.45, 2.75) is 0 Å². The van der Waals surface area contributed by atoms with Crippen molar-refractivity contribution in [2.75, 3.05) is 52.4 Å². The first-order valence-electron chi connectivity index (χ1n) is 11.2. The van der Waals surface area contributed by atoms with Crippen LogP contribution < -0.4 is 14.4 Å². The highest BCUT2D eigenvalue weighted by molar-refractivity contribution is 5.94. The molecule has 35 heavy (non-hydrogen) atoms. The first kappa shape index (κ1) is 23.9. The normalized spacial score (nSPS) is 13.7. The highest BCUT2D eigenvalue weighted by Gasteiger charge is 2.26. The van der Waals surface area contributed by atoms with Gasteiger partial charge in [-0.1, -0.05) is 18.2 Å². The molecule has 9 nitrogen and oxygen atoms in total. The number of esters is 1. The maximum atomic E-state index is 13.5. The average molecular weight is 477 g/mol. The number of hydrogen-bond acceptors (Lipinski definition) is 7. The summed E-state index contributed by atoms with van der Waals surface area (Å²) in [6.45, 7) is 2.42. The number of benzene rings is 2. The molecule has 1 fully saturated rings. The number of nitrogens with zero attached hydrogens (tertiary/aromatic N) is 4. The summed E-state index contributed by atoms with van der Waals surface area (Å²) in [5.74, 6) is 0.827. The Hall–Kier alpha value is -4.27. The average Bonchev–Trinajstić information content (AvgIpc) is 3.35. The van der Waals surface area contributed by atoms with E-state index in [2.05, 4.69) is 14.7 Å². The molecule has 4 rings (SSSR count). The van der Waals surface area contributed by atoms with Gasteiger partial charge < -0.3 is 24.0 Å². The van der Waals surface area contributed by atoms with E-state index >= 15 is 0 Å². The van der Waals surface area contributed by atoms with Crippen LogP contribution in [0.15, 0.2) is 60.7 Å². The van der Waals surface area contributed by atoms with Crippen LogP contribution in [0.25, 0.3) is 11.8 Å². The largest absolute Gasteiger partial charge is 0.497 e. The third-order valence-corrected chi connectivity index (χ3v) is 5.81. The second kappa shape index (κ2) is 10.8. The third kappa shape index (κ3) is 5.46. The van der Waals surface area contributed by atoms with Crippen LogP contribution in [0.1, 0.15) is 16.2 Å². The first-order chi connectivity index (χ1) is 17.0. The Bertz CT molecular complexity index is 1190. The standard InChI is InChI=1S/C26H28N4O5/c1-33-22-16-21(17-23(18-22)34-2)28-11-13-29(14-12-28)26(32)24-15-19(9-10-25(31)35-3)27-30(24)20-7-5-4-6-8-20/h4-10,15-18H,11-14H2,1-3H3/b10-9+. The van der Waals surface area contributed by atoms with E-state index in [0.717, 1.165) is 22.9 Å². The number of rotatable bonds is 7. The Balaban J connectivity index is 1.54. The summed E-state index contributed by atoms with van der Waals surface area (Å²) in [6, 6.07) is 16.9. The quantitative estimate of drug-likeness (QED) is 0.383. The second-order valence-electron chi connectivity index (χ2n) is 7.91. The van der Waals surface area contributed by atoms with Gasteiger partial charge in [-0.2, -0.15) is 5.10 Å². The van der Waals surface area contributed by atoms with Crippen molar-refractivity contribution in [2.24, 2.45) is 0 Å². The molecule has 1 aliphatic rings. The van der Waals surface area contributed by atoms with Gasteiger partial charge in [0.1, 0.15) is 17.2 Å². The van der Waals surface area contributed by atoms with Gasteiger partial charge in [-0.05, 0) is 24.3 Å². The molecule has 1 aliphatic heterocycles. The van der Waals surface area contributed by atoms with E-state index in [9.17, 15) is 9.59 Å². The molecule has 1 amide bonds. The van der Waals surface area contributed by atoms with Gasteiger partial charge in [-0.25, -0.2) is 9.48 Å². The Labute approximate surface area is 204 Å². The van der Waals surface area contributed by atoms with E-state index < -0.39 is 5.97 Å². The number of piperazine rings is 1. The first-order valence-corrected chi connectivity index (χ1v) is 11.2. The van der Waals surface area contributed by atoms with Gasteiger partial charge in [-0.3, -0.25) is 4.79 Å². The predicted octanol–water partition coefficient (Wildman–Crippen LogP) is 3.04. The number of methoxy groups -OCH3 is 3. The summed E-state index contributed by atoms with van der Waals surface area (Å²) in [6.07, 6.45) is 2.82. The van der Waals surface area contributed by atoms with Crippen LogP contribution in [0.4, 0.5) is 5.69 Å². The number of aromatic nitrogens is 2. The van der Waals surface area contributed by atoms with Crippen molar-refractivity contribution < 1.29 is 23.8 Å². The predicted molar refractivity (Wildman–Crippen MR) is 132 cm³/mol. The third-order valence-electron chi connectivity index (χ3n) is 5.81. The van der Waals surface area contributed by atoms with Gasteiger partial charge >= 0.3 is 5.97 Å². The van der Waals surface area contributed by atoms with Crippen molar-refractivity contribution in [3.05, 3.63) is 72.1 Å². The fourth-order valence-electron chi connectivity index (χ4n) is 3.93. The van der Waals surface area contributed by atoms with Crippen molar-refractivity contribution in [3.63, 3.8) is 0 Å². The Morgan fingerprint density at radius 2 is 1.51 bits per heavy atom. The maximum Gasteiger partial charge on any atom is 0.330 e. The summed E-state index contributed by atoms with van der Waals surface area (Å²) in [7, 11) is 4.56. The smallest absolute Gasteiger partial charge is 0.330 e. The molecular weight excluding hydrogens is 448 g/mol. The van der Waals surface area contributed by atoms with Gasteiger partial charge in [-0.15, -0.1) is 0 Å². The molecule has 9 heteroatoms. The number of anilines is 1. The van der Waals surface area contributed by atoms with Crippen LogP contribution in [-0.4, -0.2) is 74.1 Å². The molecule has 2 aromatic carbocycles. The van der Waals surface area contributed by atoms with Crippen LogP contribution in [0.3, 0.4) is 0 Å². The number of carbonyl (C=O) groups excluding carboxylic acids is 2. The molecule has 0 radical (unpaired) electrons. The van der Waals surface area contributed by atoms with Crippen molar-refractivity contribution in [3.8, 4) is 17.2 Å². The van der Waals surface area contributed by atoms with Gasteiger partial charge in [0.2, 0.25) is 0 Å². The van der Waals surface area contributed by atoms with Gasteiger partial charge in [0, 0.05) is 56.1 Å². The zero-order valence-corrected chi connectivity index (χ0v) is 20.0. The molecule has 0 N–H and O–H groups in total. The van der Waals surface area contributed by atoms with Gasteiger partial charge in [0.15, 0.2) is 0 Å². The Morgan fingerprint density at radius 3 is 2.11 bits per heavy atom. The molecule has 0 saturated carbocycles. The topological polar surface area (TPSA) is 86.1 Å². The highest BCUT2D eigenvalue weighted by atomic mass is 16.5. The number of para-hydroxylation sites is 1. The van der Waals surface area contributed by atoms with Crippen LogP contribution in [0, 0.1) is 0 Å². The van der Waals surface area contributed by atoms with E-state index in [0.29, 0.717) is 37.6 Å². The molecule has 1 saturated heterocycles. The minimum atomic E-state index is -0.488. The molecule has 0 spiro atoms. The fraction of sp³-hybridized carbons (Fsp3) is 0.269. The van der Waals surface area contributed by atoms with Gasteiger partial charge in [0.25, 0.3) is 5.91 Å². The lowest BCUT2D eigenvalue weighted by Gasteiger charge is -2.36. The van der Waals surface area contributed by atoms with Crippen LogP contribution in [-0.2, 0) is 9.53 Å². The fourth-order valence-corrected chi connectivity index (χ4v) is 3.93. The maximum absolute atomic E-state index is 13.5. The molecule has 1 aromatic heterocycles. The van der Waals surface area contributed by atoms with E-state index in [1.807, 2.05) is 53.4 Å². The molecule has 2 heterocycles. The SMILES string of the molecule is COC(=O)/C=C/c1cc(C(=O)N2CCN(c3cc(OC)cc(OC)c3)CC2)n(-c2ccccc2)n1. The number of carbonyl (C=O) groups is 2. The van der Waals surface area contributed by atoms with E-state index in [1.165, 1.54) is 19.3 Å². The van der Waals surface area contributed by atoms with Crippen LogP contribution in [0.5, 0.6) is 11.5 Å². The van der Waals surface area contributed by atoms with Crippen molar-refractivity contribution >= 4 is 23.6 Å². The van der Waals surface area contributed by atoms with E-state index in [-0.39, 0.29) is 5.91 Å². The minimum absolute atomic E-state index is 0.123. The van der Waals surface area contributed by atoms with Gasteiger partial charge in [0.05, 0.1) is 32.7 Å². The molecule has 0 bridgehead atoms. The second-order valence-corrected chi connectivity index (χ2v) is 7.91. The zero-order valence-electron chi connectivity index (χ0n) is 20.0.